The lowest BCUT2D eigenvalue weighted by Gasteiger charge is -2.35. The number of thiophene rings is 1. The van der Waals surface area contributed by atoms with E-state index in [4.69, 9.17) is 14.2 Å². The third kappa shape index (κ3) is 3.01. The van der Waals surface area contributed by atoms with E-state index in [2.05, 4.69) is 15.9 Å². The minimum atomic E-state index is -1.34. The van der Waals surface area contributed by atoms with Crippen LogP contribution in [0.5, 0.6) is 5.75 Å². The van der Waals surface area contributed by atoms with Crippen molar-refractivity contribution < 1.29 is 24.1 Å². The number of carbonyl (C=O) groups is 1. The van der Waals surface area contributed by atoms with E-state index in [0.29, 0.717) is 5.75 Å². The number of esters is 1. The molecular weight excluding hydrogens is 432 g/mol. The Morgan fingerprint density at radius 3 is 2.70 bits per heavy atom. The Bertz CT molecular complexity index is 926. The maximum absolute atomic E-state index is 11.8. The number of carbonyl (C=O) groups excluding carboxylic acids is 1. The molecule has 27 heavy (non-hydrogen) atoms. The monoisotopic (exact) mass is 452 g/mol. The summed E-state index contributed by atoms with van der Waals surface area (Å²) < 4.78 is 18.4. The quantitative estimate of drug-likeness (QED) is 0.681. The van der Waals surface area contributed by atoms with Gasteiger partial charge < -0.3 is 19.3 Å². The fraction of sp³-hybridized carbons (Fsp3) is 0.450. The molecule has 1 aromatic carbocycles. The molecule has 1 unspecified atom stereocenters. The maximum Gasteiger partial charge on any atom is 0.340 e. The van der Waals surface area contributed by atoms with Gasteiger partial charge in [-0.05, 0) is 34.8 Å². The molecule has 1 N–H and O–H groups in total. The zero-order chi connectivity index (χ0) is 19.2. The van der Waals surface area contributed by atoms with Crippen LogP contribution in [0.15, 0.2) is 22.2 Å². The predicted molar refractivity (Wildman–Crippen MR) is 108 cm³/mol. The molecule has 0 bridgehead atoms. The van der Waals surface area contributed by atoms with E-state index >= 15 is 0 Å². The molecule has 7 heteroatoms. The highest BCUT2D eigenvalue weighted by Crippen LogP contribution is 2.52. The number of hydrogen-bond acceptors (Lipinski definition) is 6. The van der Waals surface area contributed by atoms with Gasteiger partial charge in [-0.25, -0.2) is 4.79 Å². The number of fused-ring (bicyclic) bond motifs is 3. The van der Waals surface area contributed by atoms with Crippen molar-refractivity contribution in [2.24, 2.45) is 0 Å². The average Bonchev–Trinajstić information content (AvgIpc) is 3.05. The van der Waals surface area contributed by atoms with E-state index in [1.54, 1.807) is 24.5 Å². The van der Waals surface area contributed by atoms with Crippen LogP contribution in [0, 0.1) is 0 Å². The number of ether oxygens (including phenoxy) is 3. The lowest BCUT2D eigenvalue weighted by atomic mass is 9.83. The Balaban J connectivity index is 1.87. The largest absolute Gasteiger partial charge is 0.465 e. The standard InChI is InChI=1S/C20H21BrO5S/c1-24-18(22)13-10-11-6-7-12-14(21)17(20(25-2)8-4-3-5-9-20)27-16(12)15(11)26-19(13)23/h6-7,10,19,23H,3-5,8-9H2,1-2H3. The first-order chi connectivity index (χ1) is 13.0. The molecule has 2 aromatic rings. The summed E-state index contributed by atoms with van der Waals surface area (Å²) in [5, 5.41) is 11.3. The van der Waals surface area contributed by atoms with E-state index in [1.807, 2.05) is 12.1 Å². The molecule has 0 radical (unpaired) electrons. The average molecular weight is 453 g/mol. The van der Waals surface area contributed by atoms with Gasteiger partial charge in [-0.2, -0.15) is 0 Å². The molecule has 0 saturated heterocycles. The fourth-order valence-corrected chi connectivity index (χ4v) is 6.47. The summed E-state index contributed by atoms with van der Waals surface area (Å²) in [5.74, 6) is -0.00602. The Hall–Kier alpha value is -1.41. The molecule has 5 nitrogen and oxygen atoms in total. The van der Waals surface area contributed by atoms with Gasteiger partial charge in [0.05, 0.1) is 16.7 Å². The summed E-state index contributed by atoms with van der Waals surface area (Å²) in [6.45, 7) is 0. The summed E-state index contributed by atoms with van der Waals surface area (Å²) in [6.07, 6.45) is 5.81. The molecule has 0 amide bonds. The van der Waals surface area contributed by atoms with Crippen LogP contribution in [0.3, 0.4) is 0 Å². The van der Waals surface area contributed by atoms with E-state index < -0.39 is 12.3 Å². The summed E-state index contributed by atoms with van der Waals surface area (Å²) in [7, 11) is 3.06. The molecule has 2 aliphatic rings. The molecule has 1 saturated carbocycles. The molecular formula is C20H21BrO5S. The van der Waals surface area contributed by atoms with Crippen LogP contribution >= 0.6 is 27.3 Å². The zero-order valence-electron chi connectivity index (χ0n) is 15.2. The normalized spacial score (nSPS) is 21.3. The number of aliphatic hydroxyl groups excluding tert-OH is 1. The van der Waals surface area contributed by atoms with Gasteiger partial charge in [-0.1, -0.05) is 31.4 Å². The van der Waals surface area contributed by atoms with Crippen LogP contribution in [-0.2, 0) is 19.9 Å². The van der Waals surface area contributed by atoms with Crippen molar-refractivity contribution in [2.45, 2.75) is 44.0 Å². The van der Waals surface area contributed by atoms with Crippen molar-refractivity contribution in [1.82, 2.24) is 0 Å². The van der Waals surface area contributed by atoms with Crippen LogP contribution in [0.1, 0.15) is 42.5 Å². The van der Waals surface area contributed by atoms with Gasteiger partial charge in [-0.3, -0.25) is 0 Å². The highest BCUT2D eigenvalue weighted by Gasteiger charge is 2.38. The summed E-state index contributed by atoms with van der Waals surface area (Å²) in [4.78, 5) is 13.0. The number of hydrogen-bond donors (Lipinski definition) is 1. The van der Waals surface area contributed by atoms with Crippen LogP contribution in [0.4, 0.5) is 0 Å². The number of halogens is 1. The van der Waals surface area contributed by atoms with Crippen molar-refractivity contribution in [1.29, 1.82) is 0 Å². The van der Waals surface area contributed by atoms with Crippen molar-refractivity contribution in [3.63, 3.8) is 0 Å². The van der Waals surface area contributed by atoms with E-state index in [-0.39, 0.29) is 11.2 Å². The molecule has 1 fully saturated rings. The van der Waals surface area contributed by atoms with E-state index in [1.165, 1.54) is 13.5 Å². The number of rotatable bonds is 3. The minimum Gasteiger partial charge on any atom is -0.465 e. The molecule has 1 aromatic heterocycles. The lowest BCUT2D eigenvalue weighted by molar-refractivity contribution is -0.139. The van der Waals surface area contributed by atoms with Gasteiger partial charge >= 0.3 is 5.97 Å². The van der Waals surface area contributed by atoms with Crippen molar-refractivity contribution in [3.8, 4) is 5.75 Å². The second-order valence-electron chi connectivity index (χ2n) is 6.93. The second-order valence-corrected chi connectivity index (χ2v) is 8.74. The van der Waals surface area contributed by atoms with Gasteiger partial charge in [0.2, 0.25) is 6.29 Å². The first-order valence-electron chi connectivity index (χ1n) is 8.96. The van der Waals surface area contributed by atoms with Crippen LogP contribution in [0.2, 0.25) is 0 Å². The predicted octanol–water partition coefficient (Wildman–Crippen LogP) is 4.74. The third-order valence-corrected chi connectivity index (χ3v) is 7.95. The minimum absolute atomic E-state index is 0.0980. The van der Waals surface area contributed by atoms with Gasteiger partial charge in [0.15, 0.2) is 0 Å². The third-order valence-electron chi connectivity index (χ3n) is 5.48. The first-order valence-corrected chi connectivity index (χ1v) is 10.6. The number of benzene rings is 1. The molecule has 0 spiro atoms. The highest BCUT2D eigenvalue weighted by atomic mass is 79.9. The number of methoxy groups -OCH3 is 2. The van der Waals surface area contributed by atoms with E-state index in [0.717, 1.165) is 50.7 Å². The molecule has 1 aliphatic heterocycles. The van der Waals surface area contributed by atoms with Crippen molar-refractivity contribution >= 4 is 49.4 Å². The fourth-order valence-electron chi connectivity index (χ4n) is 3.99. The molecule has 4 rings (SSSR count). The maximum atomic E-state index is 11.8. The Labute approximate surface area is 170 Å². The van der Waals surface area contributed by atoms with E-state index in [9.17, 15) is 9.90 Å². The van der Waals surface area contributed by atoms with Gasteiger partial charge in [0, 0.05) is 22.5 Å². The lowest BCUT2D eigenvalue weighted by Crippen LogP contribution is -2.30. The Morgan fingerprint density at radius 1 is 1.30 bits per heavy atom. The first kappa shape index (κ1) is 18.9. The van der Waals surface area contributed by atoms with Gasteiger partial charge in [-0.15, -0.1) is 11.3 Å². The molecule has 1 aliphatic carbocycles. The topological polar surface area (TPSA) is 65.0 Å². The molecule has 144 valence electrons. The van der Waals surface area contributed by atoms with Gasteiger partial charge in [0.1, 0.15) is 16.9 Å². The number of aliphatic hydroxyl groups is 1. The van der Waals surface area contributed by atoms with Crippen molar-refractivity contribution in [2.75, 3.05) is 14.2 Å². The van der Waals surface area contributed by atoms with Crippen molar-refractivity contribution in [3.05, 3.63) is 32.6 Å². The SMILES string of the molecule is COC(=O)C1=Cc2ccc3c(Br)c(C4(OC)CCCCC4)sc3c2OC1O. The molecule has 1 atom stereocenters. The second kappa shape index (κ2) is 7.20. The smallest absolute Gasteiger partial charge is 0.340 e. The van der Waals surface area contributed by atoms with Crippen LogP contribution in [0.25, 0.3) is 16.2 Å². The Kier molecular flexibility index (Phi) is 5.05. The summed E-state index contributed by atoms with van der Waals surface area (Å²) >= 11 is 5.41. The summed E-state index contributed by atoms with van der Waals surface area (Å²) in [6, 6.07) is 3.91. The van der Waals surface area contributed by atoms with Crippen LogP contribution in [-0.4, -0.2) is 31.6 Å². The zero-order valence-corrected chi connectivity index (χ0v) is 17.6. The van der Waals surface area contributed by atoms with Crippen LogP contribution < -0.4 is 4.74 Å². The van der Waals surface area contributed by atoms with Gasteiger partial charge in [0.25, 0.3) is 0 Å². The summed E-state index contributed by atoms with van der Waals surface area (Å²) in [5.41, 5.74) is 0.568. The Morgan fingerprint density at radius 2 is 2.04 bits per heavy atom. The molecule has 2 heterocycles. The highest BCUT2D eigenvalue weighted by molar-refractivity contribution is 9.10.